The Morgan fingerprint density at radius 2 is 2.00 bits per heavy atom. The number of hydrogen-bond acceptors (Lipinski definition) is 3. The van der Waals surface area contributed by atoms with Crippen molar-refractivity contribution in [3.8, 4) is 0 Å². The van der Waals surface area contributed by atoms with Crippen molar-refractivity contribution in [2.24, 2.45) is 7.05 Å². The first-order valence-electron chi connectivity index (χ1n) is 6.30. The Morgan fingerprint density at radius 3 is 2.61 bits per heavy atom. The zero-order valence-corrected chi connectivity index (χ0v) is 10.7. The van der Waals surface area contributed by atoms with Gasteiger partial charge in [0.25, 0.3) is 0 Å². The highest BCUT2D eigenvalue weighted by atomic mass is 16.2. The second kappa shape index (κ2) is 5.82. The number of carbonyl (C=O) groups excluding carboxylic acids is 2. The Balaban J connectivity index is 1.80. The van der Waals surface area contributed by atoms with Gasteiger partial charge in [0, 0.05) is 64.0 Å². The van der Waals surface area contributed by atoms with E-state index in [9.17, 15) is 9.59 Å². The monoisotopic (exact) mass is 249 g/mol. The molecule has 0 aliphatic carbocycles. The van der Waals surface area contributed by atoms with E-state index >= 15 is 0 Å². The number of aromatic nitrogens is 1. The molecule has 1 aliphatic rings. The molecule has 1 aromatic rings. The smallest absolute Gasteiger partial charge is 0.223 e. The lowest BCUT2D eigenvalue weighted by molar-refractivity contribution is -0.131. The molecule has 0 atom stereocenters. The van der Waals surface area contributed by atoms with Crippen molar-refractivity contribution >= 4 is 11.7 Å². The Labute approximate surface area is 107 Å². The third-order valence-electron chi connectivity index (χ3n) is 3.19. The summed E-state index contributed by atoms with van der Waals surface area (Å²) >= 11 is 0. The van der Waals surface area contributed by atoms with Gasteiger partial charge in [0.1, 0.15) is 0 Å². The van der Waals surface area contributed by atoms with E-state index in [-0.39, 0.29) is 11.7 Å². The molecule has 1 fully saturated rings. The van der Waals surface area contributed by atoms with Crippen LogP contribution in [0.5, 0.6) is 0 Å². The van der Waals surface area contributed by atoms with Crippen LogP contribution >= 0.6 is 0 Å². The molecule has 0 aromatic carbocycles. The first-order chi connectivity index (χ1) is 8.66. The average Bonchev–Trinajstić information content (AvgIpc) is 2.83. The molecule has 1 amide bonds. The van der Waals surface area contributed by atoms with Crippen molar-refractivity contribution in [2.75, 3.05) is 26.2 Å². The van der Waals surface area contributed by atoms with Crippen LogP contribution in [-0.2, 0) is 11.8 Å². The number of ketones is 1. The lowest BCUT2D eigenvalue weighted by Gasteiger charge is -2.27. The molecule has 98 valence electrons. The molecule has 0 radical (unpaired) electrons. The third-order valence-corrected chi connectivity index (χ3v) is 3.19. The minimum absolute atomic E-state index is 0.0408. The highest BCUT2D eigenvalue weighted by Gasteiger charge is 2.17. The zero-order valence-electron chi connectivity index (χ0n) is 10.7. The summed E-state index contributed by atoms with van der Waals surface area (Å²) < 4.78 is 1.84. The number of nitrogens with one attached hydrogen (secondary N) is 1. The topological polar surface area (TPSA) is 54.3 Å². The summed E-state index contributed by atoms with van der Waals surface area (Å²) in [7, 11) is 1.88. The fourth-order valence-electron chi connectivity index (χ4n) is 2.11. The predicted octanol–water partition coefficient (Wildman–Crippen LogP) is 0.420. The summed E-state index contributed by atoms with van der Waals surface area (Å²) in [6, 6.07) is 1.79. The summed E-state index contributed by atoms with van der Waals surface area (Å²) in [5, 5.41) is 3.20. The summed E-state index contributed by atoms with van der Waals surface area (Å²) in [6.45, 7) is 3.19. The van der Waals surface area contributed by atoms with Crippen molar-refractivity contribution < 1.29 is 9.59 Å². The van der Waals surface area contributed by atoms with Gasteiger partial charge < -0.3 is 14.8 Å². The fraction of sp³-hybridized carbons (Fsp3) is 0.538. The van der Waals surface area contributed by atoms with Crippen LogP contribution in [-0.4, -0.2) is 47.3 Å². The molecule has 1 N–H and O–H groups in total. The van der Waals surface area contributed by atoms with Crippen molar-refractivity contribution in [3.05, 3.63) is 24.0 Å². The van der Waals surface area contributed by atoms with E-state index < -0.39 is 0 Å². The van der Waals surface area contributed by atoms with Crippen LogP contribution in [0.2, 0.25) is 0 Å². The van der Waals surface area contributed by atoms with Crippen molar-refractivity contribution in [3.63, 3.8) is 0 Å². The highest BCUT2D eigenvalue weighted by molar-refractivity contribution is 5.97. The molecule has 0 saturated carbocycles. The molecule has 0 spiro atoms. The second-order valence-electron chi connectivity index (χ2n) is 4.62. The van der Waals surface area contributed by atoms with E-state index in [1.807, 2.05) is 22.7 Å². The molecule has 2 heterocycles. The lowest BCUT2D eigenvalue weighted by Crippen LogP contribution is -2.46. The number of hydrogen-bond donors (Lipinski definition) is 1. The molecule has 2 rings (SSSR count). The number of Topliss-reactive ketones (excluding diaryl/α,β-unsaturated/α-hetero) is 1. The molecule has 5 nitrogen and oxygen atoms in total. The number of piperazine rings is 1. The van der Waals surface area contributed by atoms with E-state index in [1.165, 1.54) is 0 Å². The average molecular weight is 249 g/mol. The van der Waals surface area contributed by atoms with E-state index in [1.54, 1.807) is 12.3 Å². The van der Waals surface area contributed by atoms with E-state index in [2.05, 4.69) is 5.32 Å². The van der Waals surface area contributed by atoms with Gasteiger partial charge in [-0.05, 0) is 6.07 Å². The van der Waals surface area contributed by atoms with Crippen molar-refractivity contribution in [1.82, 2.24) is 14.8 Å². The number of aryl methyl sites for hydroxylation is 1. The highest BCUT2D eigenvalue weighted by Crippen LogP contribution is 2.07. The quantitative estimate of drug-likeness (QED) is 0.787. The van der Waals surface area contributed by atoms with Crippen LogP contribution in [0.25, 0.3) is 0 Å². The molecule has 18 heavy (non-hydrogen) atoms. The normalized spacial score (nSPS) is 15.7. The molecule has 0 bridgehead atoms. The number of amides is 1. The van der Waals surface area contributed by atoms with Gasteiger partial charge in [-0.15, -0.1) is 0 Å². The SMILES string of the molecule is Cn1ccc(C(=O)CCC(=O)N2CCNCC2)c1. The van der Waals surface area contributed by atoms with Gasteiger partial charge in [-0.25, -0.2) is 0 Å². The summed E-state index contributed by atoms with van der Waals surface area (Å²) in [4.78, 5) is 25.6. The Bertz CT molecular complexity index is 433. The minimum Gasteiger partial charge on any atom is -0.357 e. The number of carbonyl (C=O) groups is 2. The first-order valence-corrected chi connectivity index (χ1v) is 6.30. The van der Waals surface area contributed by atoms with Crippen LogP contribution in [0.3, 0.4) is 0 Å². The molecule has 1 aliphatic heterocycles. The van der Waals surface area contributed by atoms with Gasteiger partial charge >= 0.3 is 0 Å². The molecule has 1 saturated heterocycles. The first kappa shape index (κ1) is 12.8. The second-order valence-corrected chi connectivity index (χ2v) is 4.62. The van der Waals surface area contributed by atoms with Crippen molar-refractivity contribution in [1.29, 1.82) is 0 Å². The maximum absolute atomic E-state index is 11.9. The standard InChI is InChI=1S/C13H19N3O2/c1-15-7-4-11(10-15)12(17)2-3-13(18)16-8-5-14-6-9-16/h4,7,10,14H,2-3,5-6,8-9H2,1H3. The van der Waals surface area contributed by atoms with Gasteiger partial charge in [-0.2, -0.15) is 0 Å². The molecule has 5 heteroatoms. The van der Waals surface area contributed by atoms with Gasteiger partial charge in [0.15, 0.2) is 5.78 Å². The molecular weight excluding hydrogens is 230 g/mol. The van der Waals surface area contributed by atoms with E-state index in [4.69, 9.17) is 0 Å². The van der Waals surface area contributed by atoms with Crippen LogP contribution in [0.1, 0.15) is 23.2 Å². The largest absolute Gasteiger partial charge is 0.357 e. The Morgan fingerprint density at radius 1 is 1.28 bits per heavy atom. The van der Waals surface area contributed by atoms with Gasteiger partial charge in [-0.3, -0.25) is 9.59 Å². The molecular formula is C13H19N3O2. The lowest BCUT2D eigenvalue weighted by atomic mass is 10.1. The maximum Gasteiger partial charge on any atom is 0.223 e. The molecule has 0 unspecified atom stereocenters. The zero-order chi connectivity index (χ0) is 13.0. The Kier molecular flexibility index (Phi) is 4.15. The van der Waals surface area contributed by atoms with Crippen LogP contribution < -0.4 is 5.32 Å². The summed E-state index contributed by atoms with van der Waals surface area (Å²) in [5.74, 6) is 0.125. The molecule has 1 aromatic heterocycles. The number of rotatable bonds is 4. The van der Waals surface area contributed by atoms with Gasteiger partial charge in [-0.1, -0.05) is 0 Å². The summed E-state index contributed by atoms with van der Waals surface area (Å²) in [6.07, 6.45) is 4.24. The van der Waals surface area contributed by atoms with E-state index in [0.717, 1.165) is 26.2 Å². The third kappa shape index (κ3) is 3.20. The van der Waals surface area contributed by atoms with Gasteiger partial charge in [0.2, 0.25) is 5.91 Å². The number of nitrogens with zero attached hydrogens (tertiary/aromatic N) is 2. The fourth-order valence-corrected chi connectivity index (χ4v) is 2.11. The summed E-state index contributed by atoms with van der Waals surface area (Å²) in [5.41, 5.74) is 0.686. The van der Waals surface area contributed by atoms with Crippen LogP contribution in [0.4, 0.5) is 0 Å². The van der Waals surface area contributed by atoms with Gasteiger partial charge in [0.05, 0.1) is 0 Å². The van der Waals surface area contributed by atoms with Crippen LogP contribution in [0.15, 0.2) is 18.5 Å². The predicted molar refractivity (Wildman–Crippen MR) is 68.4 cm³/mol. The van der Waals surface area contributed by atoms with Crippen molar-refractivity contribution in [2.45, 2.75) is 12.8 Å². The van der Waals surface area contributed by atoms with Crippen LogP contribution in [0, 0.1) is 0 Å². The maximum atomic E-state index is 11.9. The Hall–Kier alpha value is -1.62. The minimum atomic E-state index is 0.0408. The van der Waals surface area contributed by atoms with E-state index in [0.29, 0.717) is 18.4 Å².